The Kier molecular flexibility index (Phi) is 3.21. The fraction of sp³-hybridized carbons (Fsp3) is 0.429. The van der Waals surface area contributed by atoms with Crippen molar-refractivity contribution in [3.8, 4) is 0 Å². The molecule has 1 aromatic heterocycles. The Balaban J connectivity index is 2.53. The molecule has 0 aliphatic rings. The normalized spacial score (nSPS) is 12.5. The van der Waals surface area contributed by atoms with E-state index in [0.717, 1.165) is 0 Å². The summed E-state index contributed by atoms with van der Waals surface area (Å²) in [5.74, 6) is -0.173. The fourth-order valence-electron chi connectivity index (χ4n) is 0.876. The van der Waals surface area contributed by atoms with Gasteiger partial charge in [0, 0.05) is 19.7 Å². The highest BCUT2D eigenvalue weighted by Crippen LogP contribution is 2.06. The first-order valence-electron chi connectivity index (χ1n) is 3.79. The van der Waals surface area contributed by atoms with Crippen LogP contribution in [-0.2, 0) is 4.79 Å². The Hall–Kier alpha value is -1.14. The third-order valence-corrected chi connectivity index (χ3v) is 1.74. The Morgan fingerprint density at radius 1 is 1.85 bits per heavy atom. The van der Waals surface area contributed by atoms with Gasteiger partial charge in [0.1, 0.15) is 6.10 Å². The Morgan fingerprint density at radius 3 is 3.00 bits per heavy atom. The van der Waals surface area contributed by atoms with Gasteiger partial charge in [-0.25, -0.2) is 0 Å². The number of imidazole rings is 1. The molecule has 1 rings (SSSR count). The molecule has 0 aliphatic heterocycles. The van der Waals surface area contributed by atoms with Crippen LogP contribution in [0.3, 0.4) is 0 Å². The minimum Gasteiger partial charge on any atom is -0.385 e. The summed E-state index contributed by atoms with van der Waals surface area (Å²) in [5, 5.41) is 12.0. The van der Waals surface area contributed by atoms with E-state index in [-0.39, 0.29) is 12.5 Å². The second-order valence-electron chi connectivity index (χ2n) is 2.65. The second kappa shape index (κ2) is 4.20. The van der Waals surface area contributed by atoms with Gasteiger partial charge in [0.05, 0.1) is 5.69 Å². The van der Waals surface area contributed by atoms with Crippen LogP contribution in [0.25, 0.3) is 0 Å². The predicted octanol–water partition coefficient (Wildman–Crippen LogP) is 0.242. The highest BCUT2D eigenvalue weighted by Gasteiger charge is 2.08. The van der Waals surface area contributed by atoms with Crippen molar-refractivity contribution < 1.29 is 9.90 Å². The fourth-order valence-corrected chi connectivity index (χ4v) is 1.05. The van der Waals surface area contributed by atoms with Gasteiger partial charge in [-0.2, -0.15) is 0 Å². The SMILES string of the molecule is CC(=O)NCC(O)c1c[nH]c(=S)[nH]1. The average molecular weight is 201 g/mol. The molecule has 0 radical (unpaired) electrons. The first kappa shape index (κ1) is 9.94. The summed E-state index contributed by atoms with van der Waals surface area (Å²) in [7, 11) is 0. The smallest absolute Gasteiger partial charge is 0.216 e. The summed E-state index contributed by atoms with van der Waals surface area (Å²) in [5.41, 5.74) is 0.568. The maximum Gasteiger partial charge on any atom is 0.216 e. The van der Waals surface area contributed by atoms with Crippen LogP contribution in [-0.4, -0.2) is 27.5 Å². The topological polar surface area (TPSA) is 80.9 Å². The van der Waals surface area contributed by atoms with E-state index in [1.807, 2.05) is 0 Å². The summed E-state index contributed by atoms with van der Waals surface area (Å²) in [4.78, 5) is 16.0. The predicted molar refractivity (Wildman–Crippen MR) is 49.6 cm³/mol. The number of nitrogens with one attached hydrogen (secondary N) is 3. The number of carbonyl (C=O) groups is 1. The third-order valence-electron chi connectivity index (χ3n) is 1.52. The highest BCUT2D eigenvalue weighted by atomic mass is 32.1. The zero-order valence-corrected chi connectivity index (χ0v) is 7.94. The highest BCUT2D eigenvalue weighted by molar-refractivity contribution is 7.71. The number of hydrogen-bond acceptors (Lipinski definition) is 3. The Labute approximate surface area is 80.2 Å². The average Bonchev–Trinajstić information content (AvgIpc) is 2.47. The number of rotatable bonds is 3. The molecular formula is C7H11N3O2S. The van der Waals surface area contributed by atoms with E-state index in [2.05, 4.69) is 15.3 Å². The van der Waals surface area contributed by atoms with Crippen molar-refractivity contribution in [2.24, 2.45) is 0 Å². The van der Waals surface area contributed by atoms with E-state index in [9.17, 15) is 9.90 Å². The maximum absolute atomic E-state index is 10.5. The summed E-state index contributed by atoms with van der Waals surface area (Å²) in [6.07, 6.45) is 0.825. The summed E-state index contributed by atoms with van der Waals surface area (Å²) in [6, 6.07) is 0. The summed E-state index contributed by atoms with van der Waals surface area (Å²) in [6.45, 7) is 1.57. The van der Waals surface area contributed by atoms with Crippen LogP contribution in [0, 0.1) is 4.77 Å². The van der Waals surface area contributed by atoms with Crippen molar-refractivity contribution in [1.82, 2.24) is 15.3 Å². The molecule has 13 heavy (non-hydrogen) atoms. The molecule has 1 unspecified atom stereocenters. The molecule has 0 saturated heterocycles. The quantitative estimate of drug-likeness (QED) is 0.529. The van der Waals surface area contributed by atoms with E-state index in [4.69, 9.17) is 12.2 Å². The molecule has 1 amide bonds. The molecule has 1 atom stereocenters. The monoisotopic (exact) mass is 201 g/mol. The van der Waals surface area contributed by atoms with Gasteiger partial charge in [-0.15, -0.1) is 0 Å². The lowest BCUT2D eigenvalue weighted by molar-refractivity contribution is -0.119. The van der Waals surface area contributed by atoms with Crippen LogP contribution in [0.15, 0.2) is 6.20 Å². The number of aromatic nitrogens is 2. The van der Waals surface area contributed by atoms with Crippen molar-refractivity contribution >= 4 is 18.1 Å². The number of carbonyl (C=O) groups excluding carboxylic acids is 1. The van der Waals surface area contributed by atoms with Crippen molar-refractivity contribution in [1.29, 1.82) is 0 Å². The van der Waals surface area contributed by atoms with Crippen molar-refractivity contribution in [2.75, 3.05) is 6.54 Å². The first-order valence-corrected chi connectivity index (χ1v) is 4.20. The molecule has 0 spiro atoms. The molecular weight excluding hydrogens is 190 g/mol. The van der Waals surface area contributed by atoms with E-state index >= 15 is 0 Å². The van der Waals surface area contributed by atoms with Crippen LogP contribution in [0.5, 0.6) is 0 Å². The van der Waals surface area contributed by atoms with Crippen LogP contribution >= 0.6 is 12.2 Å². The van der Waals surface area contributed by atoms with E-state index in [1.165, 1.54) is 6.92 Å². The van der Waals surface area contributed by atoms with Gasteiger partial charge in [-0.1, -0.05) is 0 Å². The summed E-state index contributed by atoms with van der Waals surface area (Å²) >= 11 is 4.78. The van der Waals surface area contributed by atoms with Crippen LogP contribution in [0.1, 0.15) is 18.7 Å². The molecule has 72 valence electrons. The number of aliphatic hydroxyl groups excluding tert-OH is 1. The van der Waals surface area contributed by atoms with E-state index < -0.39 is 6.10 Å². The van der Waals surface area contributed by atoms with Crippen molar-refractivity contribution in [2.45, 2.75) is 13.0 Å². The summed E-state index contributed by atoms with van der Waals surface area (Å²) < 4.78 is 0.455. The molecule has 6 heteroatoms. The standard InChI is InChI=1S/C7H11N3O2S/c1-4(11)8-3-6(12)5-2-9-7(13)10-5/h2,6,12H,3H2,1H3,(H,8,11)(H2,9,10,13). The van der Waals surface area contributed by atoms with Gasteiger partial charge in [0.15, 0.2) is 4.77 Å². The van der Waals surface area contributed by atoms with Gasteiger partial charge in [-0.05, 0) is 12.2 Å². The lowest BCUT2D eigenvalue weighted by Gasteiger charge is -2.07. The number of amides is 1. The van der Waals surface area contributed by atoms with Crippen LogP contribution < -0.4 is 5.32 Å². The van der Waals surface area contributed by atoms with Gasteiger partial charge < -0.3 is 20.4 Å². The van der Waals surface area contributed by atoms with Crippen LogP contribution in [0.2, 0.25) is 0 Å². The molecule has 0 aromatic carbocycles. The Morgan fingerprint density at radius 2 is 2.54 bits per heavy atom. The lowest BCUT2D eigenvalue weighted by Crippen LogP contribution is -2.25. The molecule has 5 nitrogen and oxygen atoms in total. The molecule has 1 heterocycles. The van der Waals surface area contributed by atoms with E-state index in [0.29, 0.717) is 10.5 Å². The van der Waals surface area contributed by atoms with Crippen molar-refractivity contribution in [3.63, 3.8) is 0 Å². The molecule has 1 aromatic rings. The number of aromatic amines is 2. The first-order chi connectivity index (χ1) is 6.09. The lowest BCUT2D eigenvalue weighted by atomic mass is 10.3. The number of hydrogen-bond donors (Lipinski definition) is 4. The molecule has 0 bridgehead atoms. The minimum atomic E-state index is -0.753. The molecule has 0 saturated carbocycles. The van der Waals surface area contributed by atoms with Gasteiger partial charge >= 0.3 is 0 Å². The maximum atomic E-state index is 10.5. The zero-order valence-electron chi connectivity index (χ0n) is 7.13. The third kappa shape index (κ3) is 3.00. The molecule has 0 aliphatic carbocycles. The van der Waals surface area contributed by atoms with Gasteiger partial charge in [0.2, 0.25) is 5.91 Å². The number of aliphatic hydroxyl groups is 1. The zero-order chi connectivity index (χ0) is 9.84. The molecule has 0 fully saturated rings. The van der Waals surface area contributed by atoms with Crippen LogP contribution in [0.4, 0.5) is 0 Å². The number of H-pyrrole nitrogens is 2. The minimum absolute atomic E-state index is 0.173. The Bertz CT molecular complexity index is 344. The van der Waals surface area contributed by atoms with Crippen molar-refractivity contribution in [3.05, 3.63) is 16.7 Å². The van der Waals surface area contributed by atoms with E-state index in [1.54, 1.807) is 6.20 Å². The largest absolute Gasteiger partial charge is 0.385 e. The second-order valence-corrected chi connectivity index (χ2v) is 3.06. The van der Waals surface area contributed by atoms with Gasteiger partial charge in [0.25, 0.3) is 0 Å². The molecule has 4 N–H and O–H groups in total. The van der Waals surface area contributed by atoms with Gasteiger partial charge in [-0.3, -0.25) is 4.79 Å².